The molecule has 2 rings (SSSR count). The topological polar surface area (TPSA) is 54.0 Å². The van der Waals surface area contributed by atoms with Crippen LogP contribution in [0.25, 0.3) is 0 Å². The van der Waals surface area contributed by atoms with Crippen molar-refractivity contribution in [2.45, 2.75) is 24.5 Å². The van der Waals surface area contributed by atoms with Gasteiger partial charge in [0.05, 0.1) is 17.4 Å². The fraction of sp³-hybridized carbons (Fsp3) is 0.538. The first-order chi connectivity index (χ1) is 8.64. The summed E-state index contributed by atoms with van der Waals surface area (Å²) in [5, 5.41) is 6.01. The minimum Gasteiger partial charge on any atom is -0.386 e. The number of anilines is 1. The van der Waals surface area contributed by atoms with Crippen LogP contribution in [-0.4, -0.2) is 35.0 Å². The van der Waals surface area contributed by atoms with Gasteiger partial charge in [-0.1, -0.05) is 0 Å². The Balaban J connectivity index is 1.99. The largest absolute Gasteiger partial charge is 0.386 e. The molecule has 1 saturated heterocycles. The maximum absolute atomic E-state index is 12.1. The van der Waals surface area contributed by atoms with E-state index in [0.29, 0.717) is 5.56 Å². The van der Waals surface area contributed by atoms with Gasteiger partial charge in [0.1, 0.15) is 0 Å². The van der Waals surface area contributed by atoms with Crippen LogP contribution in [0.1, 0.15) is 30.1 Å². The van der Waals surface area contributed by atoms with Crippen LogP contribution in [-0.2, 0) is 0 Å². The predicted octanol–water partition coefficient (Wildman–Crippen LogP) is 2.14. The summed E-state index contributed by atoms with van der Waals surface area (Å²) in [7, 11) is 1.79. The highest BCUT2D eigenvalue weighted by Gasteiger charge is 2.29. The molecule has 2 heterocycles. The molecule has 1 fully saturated rings. The maximum atomic E-state index is 12.1. The number of nitrogens with zero attached hydrogens (tertiary/aromatic N) is 1. The number of carbonyl (C=O) groups excluding carboxylic acids is 1. The molecular weight excluding hydrogens is 246 g/mol. The number of hydrogen-bond donors (Lipinski definition) is 2. The summed E-state index contributed by atoms with van der Waals surface area (Å²) in [6.07, 6.45) is 5.73. The summed E-state index contributed by atoms with van der Waals surface area (Å²) in [6.45, 7) is 2.94. The van der Waals surface area contributed by atoms with E-state index in [1.165, 1.54) is 18.6 Å². The Hall–Kier alpha value is -1.23. The molecule has 2 N–H and O–H groups in total. The van der Waals surface area contributed by atoms with E-state index in [-0.39, 0.29) is 10.7 Å². The number of thioether (sulfide) groups is 1. The predicted molar refractivity (Wildman–Crippen MR) is 76.2 cm³/mol. The minimum absolute atomic E-state index is 0.0320. The number of hydrogen-bond acceptors (Lipinski definition) is 4. The lowest BCUT2D eigenvalue weighted by molar-refractivity contribution is 0.0950. The number of nitrogens with one attached hydrogen (secondary N) is 2. The zero-order valence-electron chi connectivity index (χ0n) is 10.8. The van der Waals surface area contributed by atoms with Gasteiger partial charge >= 0.3 is 0 Å². The molecule has 18 heavy (non-hydrogen) atoms. The van der Waals surface area contributed by atoms with Crippen molar-refractivity contribution < 1.29 is 4.79 Å². The molecule has 1 atom stereocenters. The average molecular weight is 265 g/mol. The highest BCUT2D eigenvalue weighted by molar-refractivity contribution is 8.00. The normalized spacial score (nSPS) is 22.8. The van der Waals surface area contributed by atoms with E-state index in [1.54, 1.807) is 25.5 Å². The molecule has 1 aliphatic rings. The number of pyridine rings is 1. The van der Waals surface area contributed by atoms with Gasteiger partial charge in [-0.25, -0.2) is 0 Å². The Labute approximate surface area is 112 Å². The lowest BCUT2D eigenvalue weighted by atomic mass is 10.1. The van der Waals surface area contributed by atoms with Gasteiger partial charge in [-0.3, -0.25) is 9.78 Å². The molecule has 0 aromatic carbocycles. The molecule has 0 spiro atoms. The lowest BCUT2D eigenvalue weighted by Crippen LogP contribution is -2.37. The highest BCUT2D eigenvalue weighted by atomic mass is 32.2. The summed E-state index contributed by atoms with van der Waals surface area (Å²) >= 11 is 1.95. The van der Waals surface area contributed by atoms with Crippen molar-refractivity contribution >= 4 is 23.4 Å². The number of aromatic nitrogens is 1. The third kappa shape index (κ3) is 2.96. The van der Waals surface area contributed by atoms with Gasteiger partial charge in [-0.05, 0) is 31.6 Å². The third-order valence-corrected chi connectivity index (χ3v) is 4.80. The summed E-state index contributed by atoms with van der Waals surface area (Å²) in [5.74, 6) is 1.17. The lowest BCUT2D eigenvalue weighted by Gasteiger charge is -2.23. The van der Waals surface area contributed by atoms with Crippen molar-refractivity contribution in [1.29, 1.82) is 0 Å². The molecule has 98 valence electrons. The van der Waals surface area contributed by atoms with E-state index < -0.39 is 0 Å². The van der Waals surface area contributed by atoms with Gasteiger partial charge in [0.15, 0.2) is 0 Å². The molecule has 5 heteroatoms. The minimum atomic E-state index is -0.0320. The van der Waals surface area contributed by atoms with Crippen molar-refractivity contribution in [3.8, 4) is 0 Å². The van der Waals surface area contributed by atoms with Gasteiger partial charge < -0.3 is 10.6 Å². The number of amides is 1. The van der Waals surface area contributed by atoms with E-state index in [9.17, 15) is 4.79 Å². The molecule has 0 saturated carbocycles. The van der Waals surface area contributed by atoms with Gasteiger partial charge in [0, 0.05) is 24.5 Å². The van der Waals surface area contributed by atoms with Gasteiger partial charge in [0.2, 0.25) is 0 Å². The Bertz CT molecular complexity index is 430. The van der Waals surface area contributed by atoms with E-state index in [1.807, 2.05) is 11.8 Å². The first-order valence-electron chi connectivity index (χ1n) is 6.18. The number of rotatable bonds is 4. The highest BCUT2D eigenvalue weighted by Crippen LogP contribution is 2.37. The molecule has 0 bridgehead atoms. The maximum Gasteiger partial charge on any atom is 0.253 e. The summed E-state index contributed by atoms with van der Waals surface area (Å²) in [4.78, 5) is 16.1. The van der Waals surface area contributed by atoms with E-state index in [0.717, 1.165) is 12.2 Å². The average Bonchev–Trinajstić information content (AvgIpc) is 2.83. The van der Waals surface area contributed by atoms with Crippen LogP contribution < -0.4 is 10.6 Å². The van der Waals surface area contributed by atoms with Crippen molar-refractivity contribution in [3.63, 3.8) is 0 Å². The molecule has 1 aromatic heterocycles. The van der Waals surface area contributed by atoms with Crippen LogP contribution >= 0.6 is 11.8 Å². The SMILES string of the molecule is CNc1cnccc1C(=O)NCC1(C)CCCS1. The van der Waals surface area contributed by atoms with Gasteiger partial charge in [-0.2, -0.15) is 11.8 Å². The third-order valence-electron chi connectivity index (χ3n) is 3.26. The monoisotopic (exact) mass is 265 g/mol. The van der Waals surface area contributed by atoms with Crippen molar-refractivity contribution in [2.75, 3.05) is 24.7 Å². The smallest absolute Gasteiger partial charge is 0.253 e. The summed E-state index contributed by atoms with van der Waals surface area (Å²) < 4.78 is 0.197. The van der Waals surface area contributed by atoms with Crippen LogP contribution in [0.3, 0.4) is 0 Å². The van der Waals surface area contributed by atoms with Crippen LogP contribution in [0.5, 0.6) is 0 Å². The van der Waals surface area contributed by atoms with Crippen LogP contribution in [0.2, 0.25) is 0 Å². The standard InChI is InChI=1S/C13H19N3OS/c1-13(5-3-7-18-13)9-16-12(17)10-4-6-15-8-11(10)14-2/h4,6,8,14H,3,5,7,9H2,1-2H3,(H,16,17). The van der Waals surface area contributed by atoms with E-state index in [4.69, 9.17) is 0 Å². The molecular formula is C13H19N3OS. The molecule has 0 aliphatic carbocycles. The molecule has 1 amide bonds. The molecule has 0 radical (unpaired) electrons. The quantitative estimate of drug-likeness (QED) is 0.876. The Morgan fingerprint density at radius 3 is 3.11 bits per heavy atom. The van der Waals surface area contributed by atoms with Gasteiger partial charge in [0.25, 0.3) is 5.91 Å². The zero-order chi connectivity index (χ0) is 13.0. The zero-order valence-corrected chi connectivity index (χ0v) is 11.6. The Kier molecular flexibility index (Phi) is 4.11. The molecule has 1 aliphatic heterocycles. The van der Waals surface area contributed by atoms with E-state index >= 15 is 0 Å². The van der Waals surface area contributed by atoms with Crippen molar-refractivity contribution in [1.82, 2.24) is 10.3 Å². The molecule has 1 aromatic rings. The summed E-state index contributed by atoms with van der Waals surface area (Å²) in [6, 6.07) is 1.74. The second-order valence-electron chi connectivity index (χ2n) is 4.76. The van der Waals surface area contributed by atoms with Crippen LogP contribution in [0, 0.1) is 0 Å². The Morgan fingerprint density at radius 2 is 2.44 bits per heavy atom. The second-order valence-corrected chi connectivity index (χ2v) is 6.44. The fourth-order valence-corrected chi connectivity index (χ4v) is 3.37. The first-order valence-corrected chi connectivity index (χ1v) is 7.17. The number of carbonyl (C=O) groups is 1. The van der Waals surface area contributed by atoms with Gasteiger partial charge in [-0.15, -0.1) is 0 Å². The van der Waals surface area contributed by atoms with Crippen LogP contribution in [0.15, 0.2) is 18.5 Å². The van der Waals surface area contributed by atoms with E-state index in [2.05, 4.69) is 22.5 Å². The first kappa shape index (κ1) is 13.2. The Morgan fingerprint density at radius 1 is 1.61 bits per heavy atom. The van der Waals surface area contributed by atoms with Crippen molar-refractivity contribution in [2.24, 2.45) is 0 Å². The van der Waals surface area contributed by atoms with Crippen molar-refractivity contribution in [3.05, 3.63) is 24.0 Å². The summed E-state index contributed by atoms with van der Waals surface area (Å²) in [5.41, 5.74) is 1.42. The second kappa shape index (κ2) is 5.61. The molecule has 1 unspecified atom stereocenters. The van der Waals surface area contributed by atoms with Crippen LogP contribution in [0.4, 0.5) is 5.69 Å². The molecule has 4 nitrogen and oxygen atoms in total. The fourth-order valence-electron chi connectivity index (χ4n) is 2.13.